The number of nitrogens with zero attached hydrogens (tertiary/aromatic N) is 3. The standard InChI is InChI=1S/3C8F18NO4S2.Sb/c3*9-1(10,5(17,18)19)3(13,14)7(23,24)32(28,29)27-33(30,31)8(25,26)4(15,16)2(11,12)6(20,21)22;/q3*-1;+3. The zero-order valence-electron chi connectivity index (χ0n) is 41.5. The van der Waals surface area contributed by atoms with Crippen molar-refractivity contribution in [2.45, 2.75) is 140 Å². The van der Waals surface area contributed by atoms with E-state index in [1.54, 1.807) is 0 Å². The Balaban J connectivity index is 13.7. The van der Waals surface area contributed by atoms with Crippen molar-refractivity contribution in [1.29, 1.82) is 0 Å². The normalized spacial score (nSPS) is 17.3. The molecule has 100 heavy (non-hydrogen) atoms. The van der Waals surface area contributed by atoms with Gasteiger partial charge in [0.05, 0.1) is 0 Å². The topological polar surface area (TPSA) is 215 Å². The van der Waals surface area contributed by atoms with Gasteiger partial charge in [0.1, 0.15) is 0 Å². The molecule has 0 aromatic carbocycles. The van der Waals surface area contributed by atoms with Gasteiger partial charge in [-0.2, -0.15) is 0 Å². The molecule has 0 bridgehead atoms. The van der Waals surface area contributed by atoms with Crippen LogP contribution in [-0.2, 0) is 60.1 Å². The van der Waals surface area contributed by atoms with Crippen molar-refractivity contribution in [3.63, 3.8) is 0 Å². The van der Waals surface area contributed by atoms with Crippen molar-refractivity contribution in [3.05, 3.63) is 0 Å². The van der Waals surface area contributed by atoms with E-state index in [0.29, 0.717) is 0 Å². The molecule has 0 amide bonds. The van der Waals surface area contributed by atoms with Gasteiger partial charge in [0, 0.05) is 0 Å². The molecule has 0 aliphatic carbocycles. The quantitative estimate of drug-likeness (QED) is 0.0555. The van der Waals surface area contributed by atoms with Crippen LogP contribution in [0.2, 0.25) is 0 Å². The van der Waals surface area contributed by atoms with E-state index < -0.39 is 226 Å². The van der Waals surface area contributed by atoms with Crippen LogP contribution in [0.25, 0.3) is 0 Å². The van der Waals surface area contributed by atoms with Crippen LogP contribution >= 0.6 is 0 Å². The van der Waals surface area contributed by atoms with Gasteiger partial charge in [-0.25, -0.2) is 0 Å². The predicted octanol–water partition coefficient (Wildman–Crippen LogP) is 12.4. The second-order valence-corrected chi connectivity index (χ2v) is 38.3. The van der Waals surface area contributed by atoms with Gasteiger partial charge in [-0.3, -0.25) is 0 Å². The van der Waals surface area contributed by atoms with Gasteiger partial charge in [-0.05, 0) is 0 Å². The van der Waals surface area contributed by atoms with E-state index in [1.165, 1.54) is 0 Å². The molecule has 0 rings (SSSR count). The van der Waals surface area contributed by atoms with E-state index in [-0.39, 0.29) is 0 Å². The molecule has 0 aliphatic heterocycles. The summed E-state index contributed by atoms with van der Waals surface area (Å²) in [6, 6.07) is 0. The van der Waals surface area contributed by atoms with Crippen molar-refractivity contribution < 1.29 is 288 Å². The first-order valence-corrected chi connectivity index (χ1v) is 31.7. The monoisotopic (exact) mass is 1860 g/mol. The zero-order chi connectivity index (χ0) is 83.3. The molecule has 15 nitrogen and oxygen atoms in total. The summed E-state index contributed by atoms with van der Waals surface area (Å²) in [5.74, 6) is -130. The molecule has 0 atom stereocenters. The Morgan fingerprint density at radius 2 is 0.210 bits per heavy atom. The first kappa shape index (κ1) is 96.6. The van der Waals surface area contributed by atoms with Gasteiger partial charge in [0.2, 0.25) is 0 Å². The van der Waals surface area contributed by atoms with E-state index in [0.717, 1.165) is 0 Å². The van der Waals surface area contributed by atoms with Crippen LogP contribution in [0.5, 0.6) is 0 Å². The molecule has 602 valence electrons. The number of sulfonamides is 6. The maximum atomic E-state index is 15.9. The Kier molecular flexibility index (Phi) is 23.2. The van der Waals surface area contributed by atoms with Gasteiger partial charge >= 0.3 is 514 Å². The van der Waals surface area contributed by atoms with Crippen molar-refractivity contribution in [2.24, 2.45) is 0 Å². The summed E-state index contributed by atoms with van der Waals surface area (Å²) in [6.45, 7) is 0. The Labute approximate surface area is 513 Å². The second kappa shape index (κ2) is 24.1. The number of alkyl halides is 54. The predicted molar refractivity (Wildman–Crippen MR) is 190 cm³/mol. The van der Waals surface area contributed by atoms with Crippen molar-refractivity contribution in [3.8, 4) is 0 Å². The molecule has 0 saturated heterocycles. The molecular formula is C24F54N3O12S6Sb. The first-order valence-electron chi connectivity index (χ1n) is 19.6. The van der Waals surface area contributed by atoms with Crippen LogP contribution < -0.4 is 0 Å². The van der Waals surface area contributed by atoms with E-state index in [4.69, 9.17) is 0 Å². The van der Waals surface area contributed by atoms with Gasteiger partial charge in [-0.15, -0.1) is 0 Å². The maximum absolute atomic E-state index is 16.0. The summed E-state index contributed by atoms with van der Waals surface area (Å²) in [4.78, 5) is 0. The van der Waals surface area contributed by atoms with Gasteiger partial charge in [0.15, 0.2) is 0 Å². The summed E-state index contributed by atoms with van der Waals surface area (Å²) in [7, 11) is -82.2. The fraction of sp³-hybridized carbons (Fsp3) is 1.00. The zero-order valence-corrected chi connectivity index (χ0v) is 49.0. The van der Waals surface area contributed by atoms with Crippen LogP contribution in [-0.4, -0.2) is 217 Å². The summed E-state index contributed by atoms with van der Waals surface area (Å²) < 4.78 is 916. The van der Waals surface area contributed by atoms with Crippen LogP contribution in [0.4, 0.5) is 237 Å². The summed E-state index contributed by atoms with van der Waals surface area (Å²) in [5.41, 5.74) is 0. The Bertz CT molecular complexity index is 3170. The summed E-state index contributed by atoms with van der Waals surface area (Å²) in [5, 5.41) is -70.5. The van der Waals surface area contributed by atoms with Crippen LogP contribution in [0.15, 0.2) is 0 Å². The fourth-order valence-electron chi connectivity index (χ4n) is 4.87. The second-order valence-electron chi connectivity index (χ2n) is 16.8. The van der Waals surface area contributed by atoms with Gasteiger partial charge in [0.25, 0.3) is 0 Å². The molecule has 0 aromatic rings. The Morgan fingerprint density at radius 3 is 0.270 bits per heavy atom. The molecular weight excluding hydrogens is 1860 g/mol. The van der Waals surface area contributed by atoms with Crippen molar-refractivity contribution in [2.75, 3.05) is 0 Å². The number of halogens is 54. The Morgan fingerprint density at radius 1 is 0.140 bits per heavy atom. The van der Waals surface area contributed by atoms with Gasteiger partial charge < -0.3 is 0 Å². The molecule has 0 fully saturated rings. The van der Waals surface area contributed by atoms with Crippen molar-refractivity contribution in [1.82, 2.24) is 5.61 Å². The fourth-order valence-corrected chi connectivity index (χ4v) is 40.5. The molecule has 0 heterocycles. The van der Waals surface area contributed by atoms with E-state index in [2.05, 4.69) is 0 Å². The third kappa shape index (κ3) is 12.2. The number of hydrogen-bond donors (Lipinski definition) is 0. The SMILES string of the molecule is O=S(=O)([N]([Sb]([N](S(=O)(=O)C(F)(F)C(F)(F)C(F)(F)C(F)(F)F)S(=O)(=O)C(F)(F)C(F)(F)C(F)(F)C(F)(F)F)[N](S(=O)(=O)C(F)(F)C(F)(F)C(F)(F)C(F)(F)F)S(=O)(=O)C(F)(F)C(F)(F)C(F)(F)C(F)(F)F)S(=O)(=O)C(F)(F)C(F)(F)C(F)(F)C(F)(F)F)C(F)(F)C(F)(F)C(F)(F)C(F)(F)F. The third-order valence-corrected chi connectivity index (χ3v) is 41.2. The van der Waals surface area contributed by atoms with E-state index in [1.807, 2.05) is 0 Å². The number of hydrogen-bond acceptors (Lipinski definition) is 12. The molecule has 0 aromatic heterocycles. The van der Waals surface area contributed by atoms with Crippen LogP contribution in [0, 0.1) is 0 Å². The minimum atomic E-state index is -16.0. The molecule has 0 spiro atoms. The van der Waals surface area contributed by atoms with E-state index >= 15 is 105 Å². The van der Waals surface area contributed by atoms with Crippen LogP contribution in [0.3, 0.4) is 0 Å². The summed E-state index contributed by atoms with van der Waals surface area (Å²) >= 11 is -16.0. The molecule has 0 N–H and O–H groups in total. The molecule has 0 saturated carbocycles. The van der Waals surface area contributed by atoms with Crippen LogP contribution in [0.1, 0.15) is 0 Å². The van der Waals surface area contributed by atoms with Crippen molar-refractivity contribution >= 4 is 81.2 Å². The molecule has 0 radical (unpaired) electrons. The third-order valence-electron chi connectivity index (χ3n) is 10.3. The number of rotatable bonds is 27. The molecule has 76 heteroatoms. The minimum absolute atomic E-state index is 7.80. The molecule has 0 unspecified atom stereocenters. The Hall–Kier alpha value is -3.38. The molecule has 0 aliphatic rings. The first-order chi connectivity index (χ1) is 41.7. The average Bonchev–Trinajstić information content (AvgIpc) is 0.663. The van der Waals surface area contributed by atoms with E-state index in [9.17, 15) is 182 Å². The summed E-state index contributed by atoms with van der Waals surface area (Å²) in [6.07, 6.45) is -58.5. The average molecular weight is 1860 g/mol. The van der Waals surface area contributed by atoms with Gasteiger partial charge in [-0.1, -0.05) is 0 Å².